The van der Waals surface area contributed by atoms with Gasteiger partial charge in [0.25, 0.3) is 6.33 Å². The first-order valence-electron chi connectivity index (χ1n) is 7.50. The molecule has 0 saturated carbocycles. The maximum Gasteiger partial charge on any atom is 0.289 e. The lowest BCUT2D eigenvalue weighted by Crippen LogP contribution is -2.24. The Labute approximate surface area is 136 Å². The average Bonchev–Trinajstić information content (AvgIpc) is 3.02. The molecule has 1 aromatic heterocycles. The Morgan fingerprint density at radius 2 is 1.83 bits per heavy atom. The van der Waals surface area contributed by atoms with Crippen molar-refractivity contribution in [2.75, 3.05) is 19.0 Å². The van der Waals surface area contributed by atoms with Gasteiger partial charge in [-0.05, 0) is 23.3 Å². The number of benzene rings is 2. The van der Waals surface area contributed by atoms with Crippen LogP contribution >= 0.6 is 0 Å². The molecule has 0 amide bonds. The highest BCUT2D eigenvalue weighted by atomic mass is 15.5. The van der Waals surface area contributed by atoms with Crippen LogP contribution in [-0.2, 0) is 6.54 Å². The van der Waals surface area contributed by atoms with Crippen LogP contribution in [0.25, 0.3) is 0 Å². The van der Waals surface area contributed by atoms with E-state index in [1.165, 1.54) is 11.3 Å². The molecule has 1 heterocycles. The summed E-state index contributed by atoms with van der Waals surface area (Å²) in [4.78, 5) is 2.07. The monoisotopic (exact) mass is 306 g/mol. The van der Waals surface area contributed by atoms with E-state index in [1.807, 2.05) is 61.7 Å². The minimum absolute atomic E-state index is 0.737. The van der Waals surface area contributed by atoms with Gasteiger partial charge in [0.05, 0.1) is 6.21 Å². The Balaban J connectivity index is 1.66. The van der Waals surface area contributed by atoms with Crippen LogP contribution in [0.5, 0.6) is 0 Å². The second kappa shape index (κ2) is 6.87. The van der Waals surface area contributed by atoms with E-state index in [2.05, 4.69) is 39.4 Å². The summed E-state index contributed by atoms with van der Waals surface area (Å²) in [6.07, 6.45) is 5.40. The van der Waals surface area contributed by atoms with Crippen LogP contribution in [0.1, 0.15) is 11.1 Å². The standard InChI is InChI=1S/C18H20N5/c1-21(2)18-10-8-16(9-11-18)12-19-23-14-20-22(15-23)13-17-6-4-3-5-7-17/h3-12,14-15H,13H2,1-2H3/q+1/b19-12-. The summed E-state index contributed by atoms with van der Waals surface area (Å²) in [5.41, 5.74) is 3.44. The van der Waals surface area contributed by atoms with Crippen LogP contribution in [0.4, 0.5) is 5.69 Å². The van der Waals surface area contributed by atoms with Crippen LogP contribution in [0.2, 0.25) is 0 Å². The number of nitrogens with zero attached hydrogens (tertiary/aromatic N) is 5. The molecule has 0 aliphatic heterocycles. The molecule has 0 unspecified atom stereocenters. The highest BCUT2D eigenvalue weighted by Gasteiger charge is 2.05. The Morgan fingerprint density at radius 3 is 2.52 bits per heavy atom. The highest BCUT2D eigenvalue weighted by Crippen LogP contribution is 2.10. The van der Waals surface area contributed by atoms with Gasteiger partial charge in [-0.15, -0.1) is 14.5 Å². The molecule has 0 atom stereocenters. The fourth-order valence-corrected chi connectivity index (χ4v) is 2.22. The Bertz CT molecular complexity index is 773. The minimum atomic E-state index is 0.737. The third-order valence-electron chi connectivity index (χ3n) is 3.51. The van der Waals surface area contributed by atoms with E-state index >= 15 is 0 Å². The number of aromatic nitrogens is 3. The van der Waals surface area contributed by atoms with Gasteiger partial charge >= 0.3 is 0 Å². The van der Waals surface area contributed by atoms with Crippen LogP contribution in [0.15, 0.2) is 72.4 Å². The van der Waals surface area contributed by atoms with Crippen molar-refractivity contribution in [2.45, 2.75) is 6.54 Å². The van der Waals surface area contributed by atoms with E-state index in [0.717, 1.165) is 12.1 Å². The van der Waals surface area contributed by atoms with Crippen molar-refractivity contribution in [1.82, 2.24) is 9.78 Å². The third-order valence-corrected chi connectivity index (χ3v) is 3.51. The van der Waals surface area contributed by atoms with Crippen LogP contribution in [0, 0.1) is 0 Å². The summed E-state index contributed by atoms with van der Waals surface area (Å²) in [5.74, 6) is 0. The van der Waals surface area contributed by atoms with Gasteiger partial charge in [-0.2, -0.15) is 0 Å². The van der Waals surface area contributed by atoms with Crippen molar-refractivity contribution in [3.05, 3.63) is 78.4 Å². The lowest BCUT2D eigenvalue weighted by Gasteiger charge is -2.11. The van der Waals surface area contributed by atoms with Crippen molar-refractivity contribution >= 4 is 11.9 Å². The molecule has 0 saturated heterocycles. The topological polar surface area (TPSA) is 37.3 Å². The zero-order chi connectivity index (χ0) is 16.1. The first-order valence-corrected chi connectivity index (χ1v) is 7.50. The van der Waals surface area contributed by atoms with Crippen molar-refractivity contribution in [2.24, 2.45) is 5.10 Å². The van der Waals surface area contributed by atoms with Gasteiger partial charge in [-0.1, -0.05) is 42.5 Å². The van der Waals surface area contributed by atoms with Gasteiger partial charge in [0.2, 0.25) is 6.33 Å². The van der Waals surface area contributed by atoms with E-state index in [9.17, 15) is 0 Å². The van der Waals surface area contributed by atoms with E-state index < -0.39 is 0 Å². The Kier molecular flexibility index (Phi) is 4.47. The van der Waals surface area contributed by atoms with Crippen molar-refractivity contribution < 1.29 is 4.68 Å². The second-order valence-electron chi connectivity index (χ2n) is 5.54. The summed E-state index contributed by atoms with van der Waals surface area (Å²) < 4.78 is 3.57. The van der Waals surface area contributed by atoms with Gasteiger partial charge in [-0.25, -0.2) is 0 Å². The van der Waals surface area contributed by atoms with Gasteiger partial charge in [-0.3, -0.25) is 0 Å². The molecule has 5 heteroatoms. The van der Waals surface area contributed by atoms with Crippen LogP contribution in [0.3, 0.4) is 0 Å². The van der Waals surface area contributed by atoms with Crippen molar-refractivity contribution in [3.63, 3.8) is 0 Å². The van der Waals surface area contributed by atoms with Crippen LogP contribution < -0.4 is 9.58 Å². The molecule has 3 aromatic rings. The molecule has 2 aromatic carbocycles. The lowest BCUT2D eigenvalue weighted by molar-refractivity contribution is -0.679. The molecule has 116 valence electrons. The molecule has 0 spiro atoms. The van der Waals surface area contributed by atoms with Gasteiger partial charge in [0, 0.05) is 24.9 Å². The number of hydrogen-bond donors (Lipinski definition) is 0. The zero-order valence-corrected chi connectivity index (χ0v) is 13.4. The Hall–Kier alpha value is -2.95. The minimum Gasteiger partial charge on any atom is -0.378 e. The average molecular weight is 306 g/mol. The second-order valence-corrected chi connectivity index (χ2v) is 5.54. The summed E-state index contributed by atoms with van der Waals surface area (Å²) in [7, 11) is 4.06. The number of rotatable bonds is 5. The molecule has 5 nitrogen and oxygen atoms in total. The number of anilines is 1. The lowest BCUT2D eigenvalue weighted by atomic mass is 10.2. The van der Waals surface area contributed by atoms with Crippen molar-refractivity contribution in [1.29, 1.82) is 0 Å². The summed E-state index contributed by atoms with van der Waals surface area (Å²) in [6.45, 7) is 0.737. The number of hydrogen-bond acceptors (Lipinski definition) is 3. The Morgan fingerprint density at radius 1 is 1.09 bits per heavy atom. The van der Waals surface area contributed by atoms with E-state index in [1.54, 1.807) is 11.0 Å². The van der Waals surface area contributed by atoms with Gasteiger partial charge in [0.15, 0.2) is 0 Å². The summed E-state index contributed by atoms with van der Waals surface area (Å²) >= 11 is 0. The molecule has 0 fully saturated rings. The van der Waals surface area contributed by atoms with Crippen LogP contribution in [-0.4, -0.2) is 30.1 Å². The normalized spacial score (nSPS) is 11.0. The summed E-state index contributed by atoms with van der Waals surface area (Å²) in [5, 5.41) is 8.73. The molecule has 0 bridgehead atoms. The quantitative estimate of drug-likeness (QED) is 0.535. The molecule has 23 heavy (non-hydrogen) atoms. The molecular formula is C18H20N5+. The highest BCUT2D eigenvalue weighted by molar-refractivity contribution is 5.79. The summed E-state index contributed by atoms with van der Waals surface area (Å²) in [6, 6.07) is 18.5. The molecular weight excluding hydrogens is 286 g/mol. The third kappa shape index (κ3) is 4.03. The van der Waals surface area contributed by atoms with E-state index in [0.29, 0.717) is 0 Å². The fraction of sp³-hybridized carbons (Fsp3) is 0.167. The first-order chi connectivity index (χ1) is 11.2. The maximum atomic E-state index is 4.41. The molecule has 3 rings (SSSR count). The first kappa shape index (κ1) is 15.0. The smallest absolute Gasteiger partial charge is 0.289 e. The zero-order valence-electron chi connectivity index (χ0n) is 13.4. The SMILES string of the molecule is CN(C)c1ccc(/C=N\[n+]2cnn(Cc3ccccc3)c2)cc1. The fourth-order valence-electron chi connectivity index (χ4n) is 2.22. The molecule has 0 radical (unpaired) electrons. The van der Waals surface area contributed by atoms with E-state index in [-0.39, 0.29) is 0 Å². The predicted molar refractivity (Wildman–Crippen MR) is 91.7 cm³/mol. The van der Waals surface area contributed by atoms with Gasteiger partial charge in [0.1, 0.15) is 6.54 Å². The molecule has 0 aliphatic rings. The predicted octanol–water partition coefficient (Wildman–Crippen LogP) is 2.17. The van der Waals surface area contributed by atoms with Gasteiger partial charge < -0.3 is 4.90 Å². The van der Waals surface area contributed by atoms with E-state index in [4.69, 9.17) is 0 Å². The largest absolute Gasteiger partial charge is 0.378 e. The maximum absolute atomic E-state index is 4.41. The molecule has 0 N–H and O–H groups in total. The molecule has 0 aliphatic carbocycles. The van der Waals surface area contributed by atoms with Crippen molar-refractivity contribution in [3.8, 4) is 0 Å².